The van der Waals surface area contributed by atoms with Gasteiger partial charge in [-0.3, -0.25) is 0 Å². The number of hydrogen-bond donors (Lipinski definition) is 0. The highest BCUT2D eigenvalue weighted by Crippen LogP contribution is 2.39. The number of halogens is 3. The molecule has 0 radical (unpaired) electrons. The molecule has 1 saturated carbocycles. The number of fused-ring (bicyclic) bond motifs is 1. The number of ether oxygens (including phenoxy) is 3. The largest absolute Gasteiger partial charge is 0.480 e. The van der Waals surface area contributed by atoms with Crippen LogP contribution in [-0.4, -0.2) is 40.3 Å². The molecule has 0 spiro atoms. The van der Waals surface area contributed by atoms with Crippen LogP contribution in [0.1, 0.15) is 45.1 Å². The van der Waals surface area contributed by atoms with E-state index >= 15 is 0 Å². The molecule has 1 fully saturated rings. The molecule has 0 saturated heterocycles. The van der Waals surface area contributed by atoms with Gasteiger partial charge in [-0.25, -0.2) is 23.5 Å². The van der Waals surface area contributed by atoms with Crippen LogP contribution in [0.2, 0.25) is 5.02 Å². The van der Waals surface area contributed by atoms with Gasteiger partial charge in [0, 0.05) is 28.8 Å². The fourth-order valence-corrected chi connectivity index (χ4v) is 5.35. The Morgan fingerprint density at radius 1 is 1.05 bits per heavy atom. The maximum Gasteiger partial charge on any atom is 0.344 e. The zero-order valence-electron chi connectivity index (χ0n) is 22.1. The van der Waals surface area contributed by atoms with Crippen molar-refractivity contribution in [2.75, 3.05) is 19.8 Å². The van der Waals surface area contributed by atoms with Crippen LogP contribution in [0.3, 0.4) is 0 Å². The number of nitrogens with zero attached hydrogens (tertiary/aromatic N) is 3. The first-order valence-electron chi connectivity index (χ1n) is 13.4. The lowest BCUT2D eigenvalue weighted by Gasteiger charge is -2.32. The molecule has 210 valence electrons. The van der Waals surface area contributed by atoms with Crippen LogP contribution in [0.25, 0.3) is 22.4 Å². The molecule has 1 atom stereocenters. The van der Waals surface area contributed by atoms with Gasteiger partial charge in [0.15, 0.2) is 18.2 Å². The van der Waals surface area contributed by atoms with Crippen molar-refractivity contribution in [2.24, 2.45) is 5.92 Å². The van der Waals surface area contributed by atoms with Crippen molar-refractivity contribution < 1.29 is 27.8 Å². The molecular weight excluding hydrogens is 540 g/mol. The highest BCUT2D eigenvalue weighted by molar-refractivity contribution is 6.30. The second-order valence-corrected chi connectivity index (χ2v) is 10.2. The summed E-state index contributed by atoms with van der Waals surface area (Å²) in [5.74, 6) is -0.728. The van der Waals surface area contributed by atoms with Crippen LogP contribution in [0.5, 0.6) is 11.6 Å². The molecule has 10 heteroatoms. The summed E-state index contributed by atoms with van der Waals surface area (Å²) in [5, 5.41) is 0.580. The van der Waals surface area contributed by atoms with E-state index < -0.39 is 17.6 Å². The molecule has 0 bridgehead atoms. The molecule has 2 heterocycles. The number of benzene rings is 2. The molecule has 7 nitrogen and oxygen atoms in total. The maximum absolute atomic E-state index is 14.5. The Kier molecular flexibility index (Phi) is 8.79. The maximum atomic E-state index is 14.5. The van der Waals surface area contributed by atoms with Crippen LogP contribution < -0.4 is 9.47 Å². The third kappa shape index (κ3) is 6.36. The lowest BCUT2D eigenvalue weighted by molar-refractivity contribution is -0.145. The quantitative estimate of drug-likeness (QED) is 0.188. The molecule has 1 aliphatic rings. The fourth-order valence-electron chi connectivity index (χ4n) is 5.22. The van der Waals surface area contributed by atoms with Crippen molar-refractivity contribution in [1.82, 2.24) is 14.5 Å². The predicted molar refractivity (Wildman–Crippen MR) is 148 cm³/mol. The monoisotopic (exact) mass is 569 g/mol. The van der Waals surface area contributed by atoms with Gasteiger partial charge in [0.1, 0.15) is 18.2 Å². The smallest absolute Gasteiger partial charge is 0.344 e. The molecular formula is C30H30ClF2N3O4. The zero-order chi connectivity index (χ0) is 28.1. The number of rotatable bonds is 10. The minimum Gasteiger partial charge on any atom is -0.480 e. The number of carbonyl (C=O) groups is 1. The van der Waals surface area contributed by atoms with Gasteiger partial charge in [0.25, 0.3) is 0 Å². The minimum absolute atomic E-state index is 0.211. The highest BCUT2D eigenvalue weighted by Gasteiger charge is 2.30. The summed E-state index contributed by atoms with van der Waals surface area (Å²) in [6.45, 7) is 2.04. The van der Waals surface area contributed by atoms with Crippen molar-refractivity contribution in [3.63, 3.8) is 0 Å². The average molecular weight is 570 g/mol. The number of aromatic nitrogens is 3. The molecule has 2 aromatic heterocycles. The van der Waals surface area contributed by atoms with Crippen molar-refractivity contribution in [2.45, 2.75) is 45.1 Å². The summed E-state index contributed by atoms with van der Waals surface area (Å²) in [5.41, 5.74) is 1.65. The van der Waals surface area contributed by atoms with Gasteiger partial charge >= 0.3 is 5.97 Å². The number of carbonyl (C=O) groups excluding carboxylic acids is 1. The molecule has 5 rings (SSSR count). The Bertz CT molecular complexity index is 1450. The first kappa shape index (κ1) is 27.8. The molecule has 1 aliphatic carbocycles. The van der Waals surface area contributed by atoms with Crippen molar-refractivity contribution >= 4 is 28.6 Å². The Labute approximate surface area is 236 Å². The lowest BCUT2D eigenvalue weighted by atomic mass is 9.83. The van der Waals surface area contributed by atoms with E-state index in [9.17, 15) is 13.6 Å². The summed E-state index contributed by atoms with van der Waals surface area (Å²) >= 11 is 6.14. The molecule has 40 heavy (non-hydrogen) atoms. The van der Waals surface area contributed by atoms with Gasteiger partial charge in [0.2, 0.25) is 5.88 Å². The Morgan fingerprint density at radius 3 is 2.50 bits per heavy atom. The van der Waals surface area contributed by atoms with E-state index in [1.165, 1.54) is 12.3 Å². The fraction of sp³-hybridized carbons (Fsp3) is 0.367. The van der Waals surface area contributed by atoms with E-state index in [1.54, 1.807) is 31.2 Å². The topological polar surface area (TPSA) is 75.5 Å². The third-order valence-electron chi connectivity index (χ3n) is 7.13. The summed E-state index contributed by atoms with van der Waals surface area (Å²) in [6.07, 6.45) is 6.76. The van der Waals surface area contributed by atoms with Crippen molar-refractivity contribution in [3.05, 3.63) is 71.4 Å². The van der Waals surface area contributed by atoms with Gasteiger partial charge < -0.3 is 18.8 Å². The van der Waals surface area contributed by atoms with Gasteiger partial charge in [-0.15, -0.1) is 0 Å². The lowest BCUT2D eigenvalue weighted by Crippen LogP contribution is -2.28. The van der Waals surface area contributed by atoms with Gasteiger partial charge in [-0.05, 0) is 56.0 Å². The predicted octanol–water partition coefficient (Wildman–Crippen LogP) is 7.17. The van der Waals surface area contributed by atoms with Crippen molar-refractivity contribution in [3.8, 4) is 23.0 Å². The van der Waals surface area contributed by atoms with Crippen LogP contribution in [-0.2, 0) is 9.53 Å². The number of esters is 1. The highest BCUT2D eigenvalue weighted by atomic mass is 35.5. The summed E-state index contributed by atoms with van der Waals surface area (Å²) in [6, 6.07) is 12.7. The Hall–Kier alpha value is -3.72. The Morgan fingerprint density at radius 2 is 1.80 bits per heavy atom. The molecule has 0 N–H and O–H groups in total. The van der Waals surface area contributed by atoms with Crippen LogP contribution in [0, 0.1) is 17.6 Å². The van der Waals surface area contributed by atoms with E-state index in [2.05, 4.69) is 4.98 Å². The summed E-state index contributed by atoms with van der Waals surface area (Å²) in [7, 11) is 0. The first-order chi connectivity index (χ1) is 19.4. The molecule has 1 unspecified atom stereocenters. The van der Waals surface area contributed by atoms with E-state index in [0.717, 1.165) is 43.7 Å². The van der Waals surface area contributed by atoms with Crippen LogP contribution in [0.4, 0.5) is 8.78 Å². The summed E-state index contributed by atoms with van der Waals surface area (Å²) in [4.78, 5) is 20.6. The first-order valence-corrected chi connectivity index (χ1v) is 13.8. The SMILES string of the molecule is CCOC(=O)COc1ccc(OCC(C2CCCCC2)n2c(-c3ccc(Cl)cc3)nc3cc(F)c(F)cc32)nc1. The van der Waals surface area contributed by atoms with E-state index in [4.69, 9.17) is 30.8 Å². The molecule has 2 aromatic carbocycles. The molecule has 0 amide bonds. The van der Waals surface area contributed by atoms with Crippen LogP contribution in [0.15, 0.2) is 54.7 Å². The Balaban J connectivity index is 1.47. The molecule has 0 aliphatic heterocycles. The third-order valence-corrected chi connectivity index (χ3v) is 7.38. The van der Waals surface area contributed by atoms with Gasteiger partial charge in [0.05, 0.1) is 29.9 Å². The second-order valence-electron chi connectivity index (χ2n) is 9.77. The second kappa shape index (κ2) is 12.6. The minimum atomic E-state index is -0.945. The van der Waals surface area contributed by atoms with E-state index in [-0.39, 0.29) is 31.8 Å². The van der Waals surface area contributed by atoms with Gasteiger partial charge in [-0.2, -0.15) is 0 Å². The van der Waals surface area contributed by atoms with E-state index in [1.807, 2.05) is 16.7 Å². The van der Waals surface area contributed by atoms with Crippen molar-refractivity contribution in [1.29, 1.82) is 0 Å². The number of pyridine rings is 1. The number of hydrogen-bond acceptors (Lipinski definition) is 6. The van der Waals surface area contributed by atoms with Gasteiger partial charge in [-0.1, -0.05) is 30.9 Å². The summed E-state index contributed by atoms with van der Waals surface area (Å²) < 4.78 is 47.2. The van der Waals surface area contributed by atoms with Crippen LogP contribution >= 0.6 is 11.6 Å². The molecule has 4 aromatic rings. The average Bonchev–Trinajstić information content (AvgIpc) is 3.31. The van der Waals surface area contributed by atoms with E-state index in [0.29, 0.717) is 33.5 Å². The normalized spacial score (nSPS) is 14.7. The zero-order valence-corrected chi connectivity index (χ0v) is 22.9. The number of imidazole rings is 1. The standard InChI is InChI=1S/C30H30ClF2N3O4/c1-2-38-29(37)18-39-22-12-13-28(34-16-22)40-17-27(19-6-4-3-5-7-19)36-26-15-24(33)23(32)14-25(26)35-30(36)20-8-10-21(31)11-9-20/h8-16,19,27H,2-7,17-18H2,1H3.